The van der Waals surface area contributed by atoms with Crippen molar-refractivity contribution in [2.24, 2.45) is 11.8 Å². The van der Waals surface area contributed by atoms with E-state index >= 15 is 0 Å². The van der Waals surface area contributed by atoms with Gasteiger partial charge in [-0.1, -0.05) is 39.8 Å². The van der Waals surface area contributed by atoms with E-state index in [1.54, 1.807) is 35.2 Å². The predicted molar refractivity (Wildman–Crippen MR) is 113 cm³/mol. The van der Waals surface area contributed by atoms with Gasteiger partial charge in [0, 0.05) is 18.7 Å². The van der Waals surface area contributed by atoms with Gasteiger partial charge in [0.2, 0.25) is 11.8 Å². The fraction of sp³-hybridized carbons (Fsp3) is 0.522. The van der Waals surface area contributed by atoms with Crippen molar-refractivity contribution in [3.05, 3.63) is 41.5 Å². The van der Waals surface area contributed by atoms with Gasteiger partial charge in [0.25, 0.3) is 0 Å². The molecule has 0 spiro atoms. The monoisotopic (exact) mass is 400 g/mol. The van der Waals surface area contributed by atoms with Crippen LogP contribution in [0.25, 0.3) is 6.08 Å². The molecule has 1 fully saturated rings. The van der Waals surface area contributed by atoms with Gasteiger partial charge in [-0.15, -0.1) is 0 Å². The number of amides is 2. The van der Waals surface area contributed by atoms with Crippen molar-refractivity contribution in [2.45, 2.75) is 52.6 Å². The minimum atomic E-state index is -0.447. The van der Waals surface area contributed by atoms with Gasteiger partial charge in [-0.25, -0.2) is 4.79 Å². The standard InChI is InChI=1S/C23H32N2O4/c1-15(2)12-19-14-25(20(13-16(3)4)22(27)24-19)21(26)11-8-17-6-9-18(10-7-17)23(28)29-5/h6-11,15-16,19-20H,12-14H2,1-5H3,(H,24,27)/b11-8+/t19-,20-/m0/s1. The Kier molecular flexibility index (Phi) is 8.00. The summed E-state index contributed by atoms with van der Waals surface area (Å²) in [6, 6.07) is 6.35. The Morgan fingerprint density at radius 1 is 1.14 bits per heavy atom. The third kappa shape index (κ3) is 6.44. The summed E-state index contributed by atoms with van der Waals surface area (Å²) in [4.78, 5) is 38.8. The number of hydrogen-bond donors (Lipinski definition) is 1. The smallest absolute Gasteiger partial charge is 0.337 e. The summed E-state index contributed by atoms with van der Waals surface area (Å²) >= 11 is 0. The van der Waals surface area contributed by atoms with Crippen LogP contribution in [-0.2, 0) is 14.3 Å². The van der Waals surface area contributed by atoms with Gasteiger partial charge >= 0.3 is 5.97 Å². The maximum absolute atomic E-state index is 12.9. The highest BCUT2D eigenvalue weighted by molar-refractivity contribution is 5.96. The van der Waals surface area contributed by atoms with Crippen LogP contribution in [0.15, 0.2) is 30.3 Å². The van der Waals surface area contributed by atoms with Crippen molar-refractivity contribution in [3.8, 4) is 0 Å². The molecule has 1 heterocycles. The van der Waals surface area contributed by atoms with E-state index in [4.69, 9.17) is 0 Å². The van der Waals surface area contributed by atoms with Crippen LogP contribution in [0.5, 0.6) is 0 Å². The summed E-state index contributed by atoms with van der Waals surface area (Å²) < 4.78 is 4.69. The number of carbonyl (C=O) groups is 3. The van der Waals surface area contributed by atoms with E-state index in [1.807, 2.05) is 0 Å². The second-order valence-corrected chi connectivity index (χ2v) is 8.42. The minimum absolute atomic E-state index is 0.0254. The van der Waals surface area contributed by atoms with Crippen LogP contribution in [0.3, 0.4) is 0 Å². The Morgan fingerprint density at radius 3 is 2.31 bits per heavy atom. The molecule has 0 unspecified atom stereocenters. The molecule has 0 aromatic heterocycles. The molecule has 2 atom stereocenters. The highest BCUT2D eigenvalue weighted by Crippen LogP contribution is 2.20. The molecule has 1 aliphatic heterocycles. The first kappa shape index (κ1) is 22.7. The summed E-state index contributed by atoms with van der Waals surface area (Å²) in [5.41, 5.74) is 1.25. The van der Waals surface area contributed by atoms with E-state index in [1.165, 1.54) is 13.2 Å². The highest BCUT2D eigenvalue weighted by Gasteiger charge is 2.36. The quantitative estimate of drug-likeness (QED) is 0.563. The fourth-order valence-electron chi connectivity index (χ4n) is 3.59. The van der Waals surface area contributed by atoms with Crippen LogP contribution in [0, 0.1) is 11.8 Å². The van der Waals surface area contributed by atoms with Crippen molar-refractivity contribution in [1.82, 2.24) is 10.2 Å². The van der Waals surface area contributed by atoms with Crippen molar-refractivity contribution in [1.29, 1.82) is 0 Å². The van der Waals surface area contributed by atoms with Crippen LogP contribution < -0.4 is 5.32 Å². The van der Waals surface area contributed by atoms with Gasteiger partial charge in [-0.05, 0) is 48.4 Å². The van der Waals surface area contributed by atoms with Gasteiger partial charge in [-0.2, -0.15) is 0 Å². The maximum atomic E-state index is 12.9. The Balaban J connectivity index is 2.15. The summed E-state index contributed by atoms with van der Waals surface area (Å²) in [7, 11) is 1.34. The molecular formula is C23H32N2O4. The molecule has 1 aliphatic rings. The number of rotatable bonds is 7. The number of hydrogen-bond acceptors (Lipinski definition) is 4. The van der Waals surface area contributed by atoms with E-state index in [9.17, 15) is 14.4 Å². The van der Waals surface area contributed by atoms with Crippen LogP contribution in [0.2, 0.25) is 0 Å². The number of nitrogens with one attached hydrogen (secondary N) is 1. The van der Waals surface area contributed by atoms with Gasteiger partial charge in [0.05, 0.1) is 12.7 Å². The first-order valence-corrected chi connectivity index (χ1v) is 10.2. The van der Waals surface area contributed by atoms with E-state index in [2.05, 4.69) is 37.7 Å². The zero-order chi connectivity index (χ0) is 21.6. The fourth-order valence-corrected chi connectivity index (χ4v) is 3.59. The lowest BCUT2D eigenvalue weighted by molar-refractivity contribution is -0.142. The van der Waals surface area contributed by atoms with E-state index in [-0.39, 0.29) is 17.9 Å². The summed E-state index contributed by atoms with van der Waals surface area (Å²) in [6.07, 6.45) is 4.68. The van der Waals surface area contributed by atoms with Gasteiger partial charge in [-0.3, -0.25) is 9.59 Å². The Bertz CT molecular complexity index is 753. The maximum Gasteiger partial charge on any atom is 0.337 e. The SMILES string of the molecule is COC(=O)c1ccc(/C=C/C(=O)N2C[C@H](CC(C)C)NC(=O)[C@@H]2CC(C)C)cc1. The molecule has 6 heteroatoms. The number of piperazine rings is 1. The molecule has 0 aliphatic carbocycles. The van der Waals surface area contributed by atoms with Crippen molar-refractivity contribution in [2.75, 3.05) is 13.7 Å². The molecule has 1 aromatic carbocycles. The Labute approximate surface area is 173 Å². The van der Waals surface area contributed by atoms with Crippen LogP contribution in [-0.4, -0.2) is 48.4 Å². The van der Waals surface area contributed by atoms with E-state index < -0.39 is 12.0 Å². The Hall–Kier alpha value is -2.63. The van der Waals surface area contributed by atoms with Gasteiger partial charge in [0.1, 0.15) is 6.04 Å². The molecule has 6 nitrogen and oxygen atoms in total. The molecule has 29 heavy (non-hydrogen) atoms. The number of ether oxygens (including phenoxy) is 1. The minimum Gasteiger partial charge on any atom is -0.465 e. The van der Waals surface area contributed by atoms with Crippen LogP contribution in [0.1, 0.15) is 56.5 Å². The molecule has 1 aromatic rings. The number of methoxy groups -OCH3 is 1. The van der Waals surface area contributed by atoms with Crippen molar-refractivity contribution < 1.29 is 19.1 Å². The number of esters is 1. The second kappa shape index (κ2) is 10.2. The first-order valence-electron chi connectivity index (χ1n) is 10.2. The lowest BCUT2D eigenvalue weighted by Crippen LogP contribution is -2.61. The van der Waals surface area contributed by atoms with Gasteiger partial charge < -0.3 is 15.0 Å². The molecule has 158 valence electrons. The summed E-state index contributed by atoms with van der Waals surface area (Å²) in [6.45, 7) is 8.84. The zero-order valence-electron chi connectivity index (χ0n) is 18.0. The summed E-state index contributed by atoms with van der Waals surface area (Å²) in [5.74, 6) is 0.0973. The zero-order valence-corrected chi connectivity index (χ0v) is 18.0. The molecule has 0 radical (unpaired) electrons. The average molecular weight is 401 g/mol. The van der Waals surface area contributed by atoms with E-state index in [0.717, 1.165) is 12.0 Å². The lowest BCUT2D eigenvalue weighted by atomic mass is 9.95. The molecule has 1 saturated heterocycles. The largest absolute Gasteiger partial charge is 0.465 e. The third-order valence-corrected chi connectivity index (χ3v) is 4.93. The van der Waals surface area contributed by atoms with Crippen LogP contribution in [0.4, 0.5) is 0 Å². The first-order chi connectivity index (χ1) is 13.7. The third-order valence-electron chi connectivity index (χ3n) is 4.93. The number of benzene rings is 1. The molecule has 2 rings (SSSR count). The second-order valence-electron chi connectivity index (χ2n) is 8.42. The predicted octanol–water partition coefficient (Wildman–Crippen LogP) is 3.27. The summed E-state index contributed by atoms with van der Waals surface area (Å²) in [5, 5.41) is 3.08. The van der Waals surface area contributed by atoms with Crippen LogP contribution >= 0.6 is 0 Å². The number of carbonyl (C=O) groups excluding carboxylic acids is 3. The normalized spacial score (nSPS) is 19.7. The molecular weight excluding hydrogens is 368 g/mol. The van der Waals surface area contributed by atoms with Crippen molar-refractivity contribution >= 4 is 23.9 Å². The Morgan fingerprint density at radius 2 is 1.76 bits per heavy atom. The van der Waals surface area contributed by atoms with Crippen molar-refractivity contribution in [3.63, 3.8) is 0 Å². The molecule has 1 N–H and O–H groups in total. The highest BCUT2D eigenvalue weighted by atomic mass is 16.5. The average Bonchev–Trinajstić information content (AvgIpc) is 2.67. The molecule has 2 amide bonds. The van der Waals surface area contributed by atoms with Gasteiger partial charge in [0.15, 0.2) is 0 Å². The van der Waals surface area contributed by atoms with E-state index in [0.29, 0.717) is 30.4 Å². The topological polar surface area (TPSA) is 75.7 Å². The molecule has 0 bridgehead atoms. The lowest BCUT2D eigenvalue weighted by Gasteiger charge is -2.40. The number of nitrogens with zero attached hydrogens (tertiary/aromatic N) is 1. The molecule has 0 saturated carbocycles.